The summed E-state index contributed by atoms with van der Waals surface area (Å²) in [6.45, 7) is 2.24. The molecular weight excluding hydrogens is 597 g/mol. The number of allylic oxidation sites excluding steroid dienone is 5. The van der Waals surface area contributed by atoms with Crippen LogP contribution in [0, 0.1) is 12.8 Å². The first kappa shape index (κ1) is 28.2. The van der Waals surface area contributed by atoms with Crippen LogP contribution in [-0.2, 0) is 0 Å². The number of fused-ring (bicyclic) bond motifs is 10. The summed E-state index contributed by atoms with van der Waals surface area (Å²) >= 11 is 0. The molecule has 49 heavy (non-hydrogen) atoms. The second kappa shape index (κ2) is 11.1. The number of furan rings is 1. The van der Waals surface area contributed by atoms with E-state index in [1.54, 1.807) is 0 Å². The summed E-state index contributed by atoms with van der Waals surface area (Å²) in [6.07, 6.45) is 22.8. The van der Waals surface area contributed by atoms with Crippen LogP contribution < -0.4 is 10.6 Å². The van der Waals surface area contributed by atoms with Gasteiger partial charge in [-0.05, 0) is 104 Å². The van der Waals surface area contributed by atoms with E-state index in [4.69, 9.17) is 4.42 Å². The van der Waals surface area contributed by atoms with Gasteiger partial charge < -0.3 is 13.6 Å². The Labute approximate surface area is 284 Å². The zero-order valence-corrected chi connectivity index (χ0v) is 27.6. The Morgan fingerprint density at radius 2 is 1.51 bits per heavy atom. The van der Waals surface area contributed by atoms with Crippen LogP contribution >= 0.6 is 0 Å². The molecule has 1 atom stereocenters. The van der Waals surface area contributed by atoms with E-state index in [9.17, 15) is 0 Å². The van der Waals surface area contributed by atoms with Gasteiger partial charge in [-0.3, -0.25) is 0 Å². The van der Waals surface area contributed by atoms with Crippen LogP contribution in [-0.4, -0.2) is 9.13 Å². The van der Waals surface area contributed by atoms with E-state index in [0.29, 0.717) is 5.92 Å². The molecule has 2 aliphatic carbocycles. The highest BCUT2D eigenvalue weighted by molar-refractivity contribution is 6.24. The number of aromatic nitrogens is 2. The van der Waals surface area contributed by atoms with Gasteiger partial charge in [-0.1, -0.05) is 91.1 Å². The van der Waals surface area contributed by atoms with Crippen molar-refractivity contribution in [2.45, 2.75) is 32.6 Å². The average Bonchev–Trinajstić information content (AvgIpc) is 3.71. The fraction of sp³-hybridized carbons (Fsp3) is 0.130. The lowest BCUT2D eigenvalue weighted by Crippen LogP contribution is -2.30. The molecular formula is C46H36N2O. The third kappa shape index (κ3) is 4.35. The molecule has 0 radical (unpaired) electrons. The highest BCUT2D eigenvalue weighted by atomic mass is 16.3. The highest BCUT2D eigenvalue weighted by Gasteiger charge is 2.21. The van der Waals surface area contributed by atoms with Crippen LogP contribution in [0.1, 0.15) is 36.8 Å². The van der Waals surface area contributed by atoms with Crippen molar-refractivity contribution >= 4 is 72.9 Å². The maximum Gasteiger partial charge on any atom is 0.145 e. The van der Waals surface area contributed by atoms with E-state index in [2.05, 4.69) is 162 Å². The van der Waals surface area contributed by atoms with Crippen molar-refractivity contribution in [2.24, 2.45) is 5.92 Å². The highest BCUT2D eigenvalue weighted by Crippen LogP contribution is 2.42. The number of hydrogen-bond donors (Lipinski definition) is 0. The van der Waals surface area contributed by atoms with E-state index in [-0.39, 0.29) is 0 Å². The summed E-state index contributed by atoms with van der Waals surface area (Å²) in [7, 11) is 0. The van der Waals surface area contributed by atoms with Gasteiger partial charge in [-0.25, -0.2) is 0 Å². The summed E-state index contributed by atoms with van der Waals surface area (Å²) in [6, 6.07) is 35.4. The molecule has 3 heterocycles. The minimum absolute atomic E-state index is 0.447. The van der Waals surface area contributed by atoms with Gasteiger partial charge in [0.15, 0.2) is 0 Å². The first-order valence-electron chi connectivity index (χ1n) is 17.5. The van der Waals surface area contributed by atoms with Gasteiger partial charge in [0.2, 0.25) is 0 Å². The number of aryl methyl sites for hydroxylation is 1. The van der Waals surface area contributed by atoms with Crippen molar-refractivity contribution in [3.05, 3.63) is 149 Å². The standard InChI is InChI=1S/C46H36N2O/c1-30-32(22-21-31-13-5-2-3-6-14-31)23-28-43-44(30)37-25-27-42-45(46(37)49-43)38-29-34(24-26-41(38)47(42)33-15-7-4-8-16-33)48-39-19-11-9-17-35(39)36-18-10-12-20-40(36)48/h2-5,7-9,11,13,15-29,31H,6,10,12,14H2,1H3/b22-21-. The van der Waals surface area contributed by atoms with E-state index in [0.717, 1.165) is 58.8 Å². The Morgan fingerprint density at radius 3 is 2.45 bits per heavy atom. The van der Waals surface area contributed by atoms with E-state index < -0.39 is 0 Å². The van der Waals surface area contributed by atoms with Gasteiger partial charge in [-0.15, -0.1) is 0 Å². The zero-order valence-electron chi connectivity index (χ0n) is 27.6. The first-order chi connectivity index (χ1) is 24.2. The van der Waals surface area contributed by atoms with Crippen molar-refractivity contribution < 1.29 is 4.42 Å². The van der Waals surface area contributed by atoms with Crippen molar-refractivity contribution in [1.29, 1.82) is 0 Å². The van der Waals surface area contributed by atoms with Crippen molar-refractivity contribution in [1.82, 2.24) is 9.13 Å². The molecule has 3 nitrogen and oxygen atoms in total. The van der Waals surface area contributed by atoms with E-state index in [1.165, 1.54) is 54.6 Å². The van der Waals surface area contributed by atoms with Crippen molar-refractivity contribution in [3.8, 4) is 11.4 Å². The Kier molecular flexibility index (Phi) is 6.42. The first-order valence-corrected chi connectivity index (χ1v) is 17.5. The number of hydrogen-bond acceptors (Lipinski definition) is 1. The Hall–Kier alpha value is -5.80. The Morgan fingerprint density at radius 1 is 0.673 bits per heavy atom. The maximum absolute atomic E-state index is 6.89. The van der Waals surface area contributed by atoms with Gasteiger partial charge in [0.1, 0.15) is 11.2 Å². The van der Waals surface area contributed by atoms with Gasteiger partial charge in [0, 0.05) is 43.5 Å². The minimum atomic E-state index is 0.447. The van der Waals surface area contributed by atoms with Crippen LogP contribution in [0.3, 0.4) is 0 Å². The number of rotatable bonds is 4. The van der Waals surface area contributed by atoms with Crippen LogP contribution in [0.4, 0.5) is 0 Å². The minimum Gasteiger partial charge on any atom is -0.455 e. The molecule has 1 unspecified atom stereocenters. The average molecular weight is 633 g/mol. The predicted molar refractivity (Wildman–Crippen MR) is 207 cm³/mol. The molecule has 0 fully saturated rings. The molecule has 0 saturated heterocycles. The molecule has 0 bridgehead atoms. The second-order valence-electron chi connectivity index (χ2n) is 13.5. The van der Waals surface area contributed by atoms with Crippen molar-refractivity contribution in [3.63, 3.8) is 0 Å². The molecule has 0 saturated carbocycles. The lowest BCUT2D eigenvalue weighted by atomic mass is 9.98. The molecule has 3 aromatic heterocycles. The molecule has 0 amide bonds. The second-order valence-corrected chi connectivity index (χ2v) is 13.5. The normalized spacial score (nSPS) is 16.2. The predicted octanol–water partition coefficient (Wildman–Crippen LogP) is 10.8. The van der Waals surface area contributed by atoms with E-state index >= 15 is 0 Å². The number of para-hydroxylation sites is 2. The SMILES string of the molecule is Cc1c(/C=C\C2C=CC=CCC2)ccc2oc3c(ccc4c3c3cc(-n5c6c(c7ccccc75)=CCCC=6)ccc3n4-c3ccccc3)c12. The van der Waals surface area contributed by atoms with E-state index in [1.807, 2.05) is 0 Å². The Bertz CT molecular complexity index is 2830. The maximum atomic E-state index is 6.89. The molecule has 10 rings (SSSR count). The molecule has 3 heteroatoms. The van der Waals surface area contributed by atoms with Crippen molar-refractivity contribution in [2.75, 3.05) is 0 Å². The van der Waals surface area contributed by atoms with Crippen LogP contribution in [0.2, 0.25) is 0 Å². The summed E-state index contributed by atoms with van der Waals surface area (Å²) in [5, 5.41) is 8.66. The summed E-state index contributed by atoms with van der Waals surface area (Å²) < 4.78 is 11.7. The van der Waals surface area contributed by atoms with Crippen LogP contribution in [0.25, 0.3) is 84.3 Å². The molecule has 0 spiro atoms. The fourth-order valence-electron chi connectivity index (χ4n) is 8.36. The van der Waals surface area contributed by atoms with Gasteiger partial charge in [-0.2, -0.15) is 0 Å². The molecule has 5 aromatic carbocycles. The summed E-state index contributed by atoms with van der Waals surface area (Å²) in [5.74, 6) is 0.447. The number of benzene rings is 5. The lowest BCUT2D eigenvalue weighted by Gasteiger charge is -2.10. The molecule has 0 N–H and O–H groups in total. The molecule has 8 aromatic rings. The van der Waals surface area contributed by atoms with Crippen LogP contribution in [0.15, 0.2) is 132 Å². The smallest absolute Gasteiger partial charge is 0.145 e. The van der Waals surface area contributed by atoms with Gasteiger partial charge >= 0.3 is 0 Å². The fourth-order valence-corrected chi connectivity index (χ4v) is 8.36. The summed E-state index contributed by atoms with van der Waals surface area (Å²) in [4.78, 5) is 0. The third-order valence-corrected chi connectivity index (χ3v) is 10.7. The lowest BCUT2D eigenvalue weighted by molar-refractivity contribution is 0.672. The molecule has 236 valence electrons. The molecule has 0 aliphatic heterocycles. The largest absolute Gasteiger partial charge is 0.455 e. The van der Waals surface area contributed by atoms with Crippen LogP contribution in [0.5, 0.6) is 0 Å². The zero-order chi connectivity index (χ0) is 32.5. The third-order valence-electron chi connectivity index (χ3n) is 10.7. The monoisotopic (exact) mass is 632 g/mol. The summed E-state index contributed by atoms with van der Waals surface area (Å²) in [5.41, 5.74) is 10.3. The number of nitrogens with zero attached hydrogens (tertiary/aromatic N) is 2. The molecule has 2 aliphatic rings. The topological polar surface area (TPSA) is 23.0 Å². The van der Waals surface area contributed by atoms with Gasteiger partial charge in [0.25, 0.3) is 0 Å². The van der Waals surface area contributed by atoms with Gasteiger partial charge in [0.05, 0.1) is 21.9 Å². The quantitative estimate of drug-likeness (QED) is 0.189. The Balaban J connectivity index is 1.24.